The van der Waals surface area contributed by atoms with Gasteiger partial charge in [0.2, 0.25) is 5.91 Å². The molecule has 3 N–H and O–H groups in total. The Kier molecular flexibility index (Phi) is 8.88. The number of nitrogens with one attached hydrogen (secondary N) is 1. The van der Waals surface area contributed by atoms with Crippen LogP contribution in [0.3, 0.4) is 0 Å². The minimum atomic E-state index is -1.31. The number of rotatable bonds is 11. The summed E-state index contributed by atoms with van der Waals surface area (Å²) in [6.45, 7) is 1.84. The van der Waals surface area contributed by atoms with Gasteiger partial charge in [0.1, 0.15) is 5.75 Å². The summed E-state index contributed by atoms with van der Waals surface area (Å²) >= 11 is 6.02. The smallest absolute Gasteiger partial charge is 0.307 e. The van der Waals surface area contributed by atoms with E-state index in [-0.39, 0.29) is 12.0 Å². The number of hydrogen-bond donors (Lipinski definition) is 3. The van der Waals surface area contributed by atoms with Crippen molar-refractivity contribution in [3.05, 3.63) is 64.7 Å². The number of carboxylic acids is 2. The number of methoxy groups -OCH3 is 1. The van der Waals surface area contributed by atoms with Gasteiger partial charge in [0.05, 0.1) is 19.4 Å². The average Bonchev–Trinajstić information content (AvgIpc) is 2.72. The minimum absolute atomic E-state index is 0.114. The Morgan fingerprint density at radius 1 is 1.00 bits per heavy atom. The summed E-state index contributed by atoms with van der Waals surface area (Å²) < 4.78 is 5.19. The summed E-state index contributed by atoms with van der Waals surface area (Å²) in [5.74, 6) is -3.72. The van der Waals surface area contributed by atoms with Crippen molar-refractivity contribution in [2.45, 2.75) is 38.1 Å². The normalized spacial score (nSPS) is 13.6. The summed E-state index contributed by atoms with van der Waals surface area (Å²) in [4.78, 5) is 34.6. The van der Waals surface area contributed by atoms with E-state index in [0.29, 0.717) is 11.4 Å². The van der Waals surface area contributed by atoms with E-state index < -0.39 is 36.6 Å². The zero-order valence-corrected chi connectivity index (χ0v) is 18.1. The van der Waals surface area contributed by atoms with Crippen molar-refractivity contribution in [2.75, 3.05) is 7.11 Å². The quantitative estimate of drug-likeness (QED) is 0.483. The van der Waals surface area contributed by atoms with Gasteiger partial charge < -0.3 is 20.3 Å². The molecule has 3 unspecified atom stereocenters. The lowest BCUT2D eigenvalue weighted by atomic mass is 9.86. The highest BCUT2D eigenvalue weighted by molar-refractivity contribution is 6.30. The molecule has 0 fully saturated rings. The Bertz CT molecular complexity index is 897. The first-order chi connectivity index (χ1) is 14.7. The summed E-state index contributed by atoms with van der Waals surface area (Å²) in [5.41, 5.74) is 2.00. The monoisotopic (exact) mass is 447 g/mol. The van der Waals surface area contributed by atoms with E-state index in [2.05, 4.69) is 5.32 Å². The number of carboxylic acid groups (broad SMARTS) is 2. The molecule has 1 amide bonds. The molecule has 0 bridgehead atoms. The first kappa shape index (κ1) is 24.2. The molecule has 8 heteroatoms. The fraction of sp³-hybridized carbons (Fsp3) is 0.348. The lowest BCUT2D eigenvalue weighted by Crippen LogP contribution is -2.39. The summed E-state index contributed by atoms with van der Waals surface area (Å²) in [7, 11) is 1.60. The van der Waals surface area contributed by atoms with Gasteiger partial charge in [-0.15, -0.1) is 0 Å². The van der Waals surface area contributed by atoms with E-state index in [1.807, 2.05) is 43.3 Å². The molecule has 2 aromatic carbocycles. The van der Waals surface area contributed by atoms with Crippen LogP contribution in [0.1, 0.15) is 36.8 Å². The maximum Gasteiger partial charge on any atom is 0.307 e. The standard InChI is InChI=1S/C23H26ClNO6/c1-14(25-21(26)12-17(23(29)30)13-22(27)28)20(16-5-7-18(24)8-6-16)11-15-3-9-19(31-2)10-4-15/h3-10,14,17,20H,11-13H2,1-2H3,(H,25,26)(H,27,28)(H,29,30). The highest BCUT2D eigenvalue weighted by Gasteiger charge is 2.27. The second-order valence-electron chi connectivity index (χ2n) is 7.40. The molecule has 0 saturated heterocycles. The number of carbonyl (C=O) groups is 3. The number of ether oxygens (including phenoxy) is 1. The van der Waals surface area contributed by atoms with Crippen molar-refractivity contribution in [2.24, 2.45) is 5.92 Å². The molecule has 2 rings (SSSR count). The van der Waals surface area contributed by atoms with Crippen LogP contribution in [0.2, 0.25) is 5.02 Å². The van der Waals surface area contributed by atoms with Gasteiger partial charge in [0, 0.05) is 23.4 Å². The number of amides is 1. The molecule has 7 nitrogen and oxygen atoms in total. The Balaban J connectivity index is 2.17. The number of aliphatic carboxylic acids is 2. The predicted octanol–water partition coefficient (Wildman–Crippen LogP) is 3.75. The van der Waals surface area contributed by atoms with Gasteiger partial charge >= 0.3 is 11.9 Å². The average molecular weight is 448 g/mol. The molecule has 0 radical (unpaired) electrons. The lowest BCUT2D eigenvalue weighted by molar-refractivity contribution is -0.149. The van der Waals surface area contributed by atoms with E-state index in [1.165, 1.54) is 0 Å². The van der Waals surface area contributed by atoms with Gasteiger partial charge in [-0.05, 0) is 48.7 Å². The van der Waals surface area contributed by atoms with Gasteiger partial charge in [-0.2, -0.15) is 0 Å². The molecule has 0 aliphatic rings. The zero-order chi connectivity index (χ0) is 23.0. The van der Waals surface area contributed by atoms with Crippen LogP contribution in [0.15, 0.2) is 48.5 Å². The molecular formula is C23H26ClNO6. The third kappa shape index (κ3) is 7.61. The fourth-order valence-corrected chi connectivity index (χ4v) is 3.53. The van der Waals surface area contributed by atoms with Crippen LogP contribution in [0.4, 0.5) is 0 Å². The van der Waals surface area contributed by atoms with E-state index in [4.69, 9.17) is 21.4 Å². The number of halogens is 1. The Hall–Kier alpha value is -3.06. The molecule has 3 atom stereocenters. The second-order valence-corrected chi connectivity index (χ2v) is 7.84. The van der Waals surface area contributed by atoms with Crippen molar-refractivity contribution in [3.8, 4) is 5.75 Å². The Labute approximate surface area is 186 Å². The molecule has 166 valence electrons. The van der Waals surface area contributed by atoms with Gasteiger partial charge in [-0.1, -0.05) is 35.9 Å². The van der Waals surface area contributed by atoms with Crippen LogP contribution in [0, 0.1) is 5.92 Å². The van der Waals surface area contributed by atoms with Gasteiger partial charge in [-0.25, -0.2) is 0 Å². The minimum Gasteiger partial charge on any atom is -0.497 e. The van der Waals surface area contributed by atoms with E-state index in [9.17, 15) is 19.5 Å². The van der Waals surface area contributed by atoms with Crippen LogP contribution in [-0.4, -0.2) is 41.2 Å². The largest absolute Gasteiger partial charge is 0.497 e. The summed E-state index contributed by atoms with van der Waals surface area (Å²) in [5, 5.41) is 21.5. The van der Waals surface area contributed by atoms with Crippen LogP contribution in [0.5, 0.6) is 5.75 Å². The van der Waals surface area contributed by atoms with Crippen LogP contribution in [-0.2, 0) is 20.8 Å². The maximum atomic E-state index is 12.5. The second kappa shape index (κ2) is 11.4. The summed E-state index contributed by atoms with van der Waals surface area (Å²) in [6, 6.07) is 14.6. The van der Waals surface area contributed by atoms with E-state index in [0.717, 1.165) is 16.9 Å². The van der Waals surface area contributed by atoms with Crippen molar-refractivity contribution in [1.82, 2.24) is 5.32 Å². The van der Waals surface area contributed by atoms with Crippen molar-refractivity contribution >= 4 is 29.4 Å². The number of benzene rings is 2. The lowest BCUT2D eigenvalue weighted by Gasteiger charge is -2.26. The molecule has 2 aromatic rings. The third-order valence-corrected chi connectivity index (χ3v) is 5.36. The summed E-state index contributed by atoms with van der Waals surface area (Å²) in [6.07, 6.45) is -0.393. The molecule has 0 aliphatic heterocycles. The molecule has 0 saturated carbocycles. The Morgan fingerprint density at radius 3 is 2.13 bits per heavy atom. The SMILES string of the molecule is COc1ccc(CC(c2ccc(Cl)cc2)C(C)NC(=O)CC(CC(=O)O)C(=O)O)cc1. The topological polar surface area (TPSA) is 113 Å². The van der Waals surface area contributed by atoms with Crippen molar-refractivity contribution in [3.63, 3.8) is 0 Å². The zero-order valence-electron chi connectivity index (χ0n) is 17.4. The number of carbonyl (C=O) groups excluding carboxylic acids is 1. The van der Waals surface area contributed by atoms with Crippen molar-refractivity contribution < 1.29 is 29.3 Å². The fourth-order valence-electron chi connectivity index (χ4n) is 3.40. The highest BCUT2D eigenvalue weighted by Crippen LogP contribution is 2.27. The predicted molar refractivity (Wildman–Crippen MR) is 116 cm³/mol. The first-order valence-corrected chi connectivity index (χ1v) is 10.2. The van der Waals surface area contributed by atoms with Crippen LogP contribution in [0.25, 0.3) is 0 Å². The van der Waals surface area contributed by atoms with Crippen LogP contribution >= 0.6 is 11.6 Å². The highest BCUT2D eigenvalue weighted by atomic mass is 35.5. The van der Waals surface area contributed by atoms with Crippen molar-refractivity contribution in [1.29, 1.82) is 0 Å². The van der Waals surface area contributed by atoms with Gasteiger partial charge in [0.15, 0.2) is 0 Å². The first-order valence-electron chi connectivity index (χ1n) is 9.82. The van der Waals surface area contributed by atoms with Gasteiger partial charge in [0.25, 0.3) is 0 Å². The Morgan fingerprint density at radius 2 is 1.61 bits per heavy atom. The molecule has 0 spiro atoms. The molecule has 0 aromatic heterocycles. The molecule has 0 heterocycles. The van der Waals surface area contributed by atoms with Crippen LogP contribution < -0.4 is 10.1 Å². The van der Waals surface area contributed by atoms with Gasteiger partial charge in [-0.3, -0.25) is 14.4 Å². The molecular weight excluding hydrogens is 422 g/mol. The number of hydrogen-bond acceptors (Lipinski definition) is 4. The molecule has 31 heavy (non-hydrogen) atoms. The molecule has 0 aliphatic carbocycles. The van der Waals surface area contributed by atoms with E-state index >= 15 is 0 Å². The third-order valence-electron chi connectivity index (χ3n) is 5.11. The maximum absolute atomic E-state index is 12.5. The van der Waals surface area contributed by atoms with E-state index in [1.54, 1.807) is 19.2 Å².